The van der Waals surface area contributed by atoms with Crippen LogP contribution in [0.1, 0.15) is 30.9 Å². The fourth-order valence-corrected chi connectivity index (χ4v) is 2.21. The minimum absolute atomic E-state index is 0.0597. The molecule has 0 saturated carbocycles. The van der Waals surface area contributed by atoms with Crippen LogP contribution in [-0.4, -0.2) is 12.5 Å². The molecular formula is C18H19F2NO2. The smallest absolute Gasteiger partial charge is 0.262 e. The predicted molar refractivity (Wildman–Crippen MR) is 85.8 cm³/mol. The van der Waals surface area contributed by atoms with Crippen molar-refractivity contribution in [3.8, 4) is 5.75 Å². The number of rotatable bonds is 5. The van der Waals surface area contributed by atoms with E-state index in [-0.39, 0.29) is 18.2 Å². The summed E-state index contributed by atoms with van der Waals surface area (Å²) in [5, 5.41) is 2.41. The van der Waals surface area contributed by atoms with Crippen molar-refractivity contribution in [2.75, 3.05) is 11.9 Å². The molecule has 0 aliphatic heterocycles. The van der Waals surface area contributed by atoms with Gasteiger partial charge in [-0.1, -0.05) is 26.0 Å². The van der Waals surface area contributed by atoms with Crippen LogP contribution in [0, 0.1) is 18.6 Å². The Morgan fingerprint density at radius 3 is 2.39 bits per heavy atom. The van der Waals surface area contributed by atoms with Crippen LogP contribution < -0.4 is 10.1 Å². The maximum Gasteiger partial charge on any atom is 0.262 e. The minimum atomic E-state index is -0.748. The van der Waals surface area contributed by atoms with E-state index in [0.29, 0.717) is 5.75 Å². The lowest BCUT2D eigenvalue weighted by molar-refractivity contribution is -0.118. The van der Waals surface area contributed by atoms with Gasteiger partial charge in [0, 0.05) is 11.8 Å². The molecule has 2 rings (SSSR count). The third kappa shape index (κ3) is 4.77. The van der Waals surface area contributed by atoms with E-state index < -0.39 is 17.5 Å². The maximum absolute atomic E-state index is 13.1. The first-order valence-electron chi connectivity index (χ1n) is 7.34. The maximum atomic E-state index is 13.1. The number of carbonyl (C=O) groups excluding carboxylic acids is 1. The minimum Gasteiger partial charge on any atom is -0.483 e. The average Bonchev–Trinajstić information content (AvgIpc) is 2.43. The standard InChI is InChI=1S/C18H19F2NO2/c1-11(2)16-5-4-12(3)6-17(16)23-10-18(22)21-15-8-13(19)7-14(20)9-15/h4-9,11H,10H2,1-3H3,(H,21,22). The Morgan fingerprint density at radius 1 is 1.13 bits per heavy atom. The van der Waals surface area contributed by atoms with E-state index >= 15 is 0 Å². The molecule has 0 bridgehead atoms. The van der Waals surface area contributed by atoms with Gasteiger partial charge in [-0.05, 0) is 42.2 Å². The first kappa shape index (κ1) is 16.9. The number of carbonyl (C=O) groups is 1. The molecule has 3 nitrogen and oxygen atoms in total. The number of benzene rings is 2. The highest BCUT2D eigenvalue weighted by atomic mass is 19.1. The van der Waals surface area contributed by atoms with Gasteiger partial charge in [0.05, 0.1) is 0 Å². The lowest BCUT2D eigenvalue weighted by atomic mass is 10.0. The second-order valence-electron chi connectivity index (χ2n) is 5.69. The third-order valence-electron chi connectivity index (χ3n) is 3.30. The summed E-state index contributed by atoms with van der Waals surface area (Å²) in [6.07, 6.45) is 0. The second kappa shape index (κ2) is 7.22. The van der Waals surface area contributed by atoms with Gasteiger partial charge < -0.3 is 10.1 Å². The molecule has 0 saturated heterocycles. The first-order chi connectivity index (χ1) is 10.8. The molecule has 0 aromatic heterocycles. The van der Waals surface area contributed by atoms with Crippen LogP contribution in [0.5, 0.6) is 5.75 Å². The van der Waals surface area contributed by atoms with Gasteiger partial charge in [0.2, 0.25) is 0 Å². The molecule has 1 amide bonds. The average molecular weight is 319 g/mol. The number of amides is 1. The summed E-state index contributed by atoms with van der Waals surface area (Å²) in [6, 6.07) is 8.66. The Morgan fingerprint density at radius 2 is 1.78 bits per heavy atom. The Kier molecular flexibility index (Phi) is 5.32. The highest BCUT2D eigenvalue weighted by Crippen LogP contribution is 2.27. The molecule has 23 heavy (non-hydrogen) atoms. The molecule has 0 fully saturated rings. The monoisotopic (exact) mass is 319 g/mol. The lowest BCUT2D eigenvalue weighted by Crippen LogP contribution is -2.20. The van der Waals surface area contributed by atoms with E-state index in [2.05, 4.69) is 5.32 Å². The van der Waals surface area contributed by atoms with Crippen molar-refractivity contribution < 1.29 is 18.3 Å². The summed E-state index contributed by atoms with van der Waals surface area (Å²) in [5.41, 5.74) is 2.08. The van der Waals surface area contributed by atoms with Crippen LogP contribution in [0.4, 0.5) is 14.5 Å². The summed E-state index contributed by atoms with van der Waals surface area (Å²) in [7, 11) is 0. The van der Waals surface area contributed by atoms with Crippen LogP contribution in [0.2, 0.25) is 0 Å². The Balaban J connectivity index is 2.03. The van der Waals surface area contributed by atoms with Crippen LogP contribution >= 0.6 is 0 Å². The predicted octanol–water partition coefficient (Wildman–Crippen LogP) is 4.41. The van der Waals surface area contributed by atoms with Crippen molar-refractivity contribution in [3.05, 3.63) is 59.2 Å². The number of halogens is 2. The zero-order valence-electron chi connectivity index (χ0n) is 13.3. The van der Waals surface area contributed by atoms with Gasteiger partial charge in [-0.2, -0.15) is 0 Å². The van der Waals surface area contributed by atoms with Gasteiger partial charge in [-0.25, -0.2) is 8.78 Å². The SMILES string of the molecule is Cc1ccc(C(C)C)c(OCC(=O)Nc2cc(F)cc(F)c2)c1. The number of hydrogen-bond donors (Lipinski definition) is 1. The molecule has 0 unspecified atom stereocenters. The van der Waals surface area contributed by atoms with Gasteiger partial charge in [0.15, 0.2) is 6.61 Å². The number of anilines is 1. The molecule has 0 atom stereocenters. The molecule has 2 aromatic rings. The van der Waals surface area contributed by atoms with Crippen molar-refractivity contribution in [2.24, 2.45) is 0 Å². The van der Waals surface area contributed by atoms with Crippen LogP contribution in [-0.2, 0) is 4.79 Å². The van der Waals surface area contributed by atoms with Crippen molar-refractivity contribution in [1.29, 1.82) is 0 Å². The molecule has 0 radical (unpaired) electrons. The molecule has 0 heterocycles. The quantitative estimate of drug-likeness (QED) is 0.886. The van der Waals surface area contributed by atoms with Gasteiger partial charge in [-0.15, -0.1) is 0 Å². The number of aryl methyl sites for hydroxylation is 1. The number of nitrogens with one attached hydrogen (secondary N) is 1. The van der Waals surface area contributed by atoms with E-state index in [0.717, 1.165) is 29.3 Å². The van der Waals surface area contributed by atoms with Crippen molar-refractivity contribution in [2.45, 2.75) is 26.7 Å². The van der Waals surface area contributed by atoms with Crippen LogP contribution in [0.15, 0.2) is 36.4 Å². The topological polar surface area (TPSA) is 38.3 Å². The molecule has 122 valence electrons. The fourth-order valence-electron chi connectivity index (χ4n) is 2.21. The van der Waals surface area contributed by atoms with Gasteiger partial charge >= 0.3 is 0 Å². The Labute approximate surface area is 134 Å². The van der Waals surface area contributed by atoms with E-state index in [9.17, 15) is 13.6 Å². The molecule has 0 spiro atoms. The van der Waals surface area contributed by atoms with Gasteiger partial charge in [0.25, 0.3) is 5.91 Å². The largest absolute Gasteiger partial charge is 0.483 e. The van der Waals surface area contributed by atoms with Crippen LogP contribution in [0.3, 0.4) is 0 Å². The van der Waals surface area contributed by atoms with Crippen molar-refractivity contribution in [1.82, 2.24) is 0 Å². The van der Waals surface area contributed by atoms with Crippen molar-refractivity contribution in [3.63, 3.8) is 0 Å². The van der Waals surface area contributed by atoms with E-state index in [4.69, 9.17) is 4.74 Å². The third-order valence-corrected chi connectivity index (χ3v) is 3.30. The summed E-state index contributed by atoms with van der Waals surface area (Å²) in [4.78, 5) is 11.9. The first-order valence-corrected chi connectivity index (χ1v) is 7.34. The lowest BCUT2D eigenvalue weighted by Gasteiger charge is -2.15. The number of ether oxygens (including phenoxy) is 1. The summed E-state index contributed by atoms with van der Waals surface area (Å²) < 4.78 is 31.8. The van der Waals surface area contributed by atoms with E-state index in [1.165, 1.54) is 0 Å². The molecule has 2 aromatic carbocycles. The highest BCUT2D eigenvalue weighted by Gasteiger charge is 2.11. The summed E-state index contributed by atoms with van der Waals surface area (Å²) in [5.74, 6) is -1.08. The highest BCUT2D eigenvalue weighted by molar-refractivity contribution is 5.91. The molecule has 5 heteroatoms. The van der Waals surface area contributed by atoms with Gasteiger partial charge in [-0.3, -0.25) is 4.79 Å². The molecular weight excluding hydrogens is 300 g/mol. The molecule has 1 N–H and O–H groups in total. The van der Waals surface area contributed by atoms with Gasteiger partial charge in [0.1, 0.15) is 17.4 Å². The normalized spacial score (nSPS) is 10.7. The van der Waals surface area contributed by atoms with Crippen molar-refractivity contribution >= 4 is 11.6 Å². The number of hydrogen-bond acceptors (Lipinski definition) is 2. The van der Waals surface area contributed by atoms with E-state index in [1.54, 1.807) is 0 Å². The molecule has 0 aliphatic carbocycles. The Hall–Kier alpha value is -2.43. The zero-order valence-corrected chi connectivity index (χ0v) is 13.3. The summed E-state index contributed by atoms with van der Waals surface area (Å²) in [6.45, 7) is 5.77. The van der Waals surface area contributed by atoms with E-state index in [1.807, 2.05) is 39.0 Å². The zero-order chi connectivity index (χ0) is 17.0. The second-order valence-corrected chi connectivity index (χ2v) is 5.69. The fraction of sp³-hybridized carbons (Fsp3) is 0.278. The summed E-state index contributed by atoms with van der Waals surface area (Å²) >= 11 is 0. The molecule has 0 aliphatic rings. The Bertz CT molecular complexity index is 694. The van der Waals surface area contributed by atoms with Crippen LogP contribution in [0.25, 0.3) is 0 Å².